The molecule has 0 spiro atoms. The van der Waals surface area contributed by atoms with E-state index < -0.39 is 11.8 Å². The standard InChI is InChI=1S/C19H31N3O2/c1-5-15(4)16-11-8-9-12-17(16)21-19(24)18(23)20-13-10-14-22(6-2)7-3/h8-9,11-12,15H,5-7,10,13-14H2,1-4H3,(H,20,23)(H,21,24). The number of hydrogen-bond acceptors (Lipinski definition) is 3. The van der Waals surface area contributed by atoms with Crippen molar-refractivity contribution in [2.75, 3.05) is 31.5 Å². The van der Waals surface area contributed by atoms with Gasteiger partial charge in [-0.05, 0) is 50.0 Å². The fraction of sp³-hybridized carbons (Fsp3) is 0.579. The summed E-state index contributed by atoms with van der Waals surface area (Å²) in [6.07, 6.45) is 1.81. The van der Waals surface area contributed by atoms with Gasteiger partial charge < -0.3 is 15.5 Å². The number of amides is 2. The Morgan fingerprint density at radius 2 is 1.75 bits per heavy atom. The molecule has 0 radical (unpaired) electrons. The van der Waals surface area contributed by atoms with Crippen LogP contribution in [0, 0.1) is 0 Å². The summed E-state index contributed by atoms with van der Waals surface area (Å²) in [5.74, 6) is -0.847. The molecule has 134 valence electrons. The van der Waals surface area contributed by atoms with Crippen LogP contribution in [0.4, 0.5) is 5.69 Å². The van der Waals surface area contributed by atoms with E-state index in [1.807, 2.05) is 24.3 Å². The van der Waals surface area contributed by atoms with Gasteiger partial charge in [-0.1, -0.05) is 45.9 Å². The first kappa shape index (κ1) is 20.2. The van der Waals surface area contributed by atoms with Crippen molar-refractivity contribution in [2.45, 2.75) is 46.5 Å². The van der Waals surface area contributed by atoms with Crippen LogP contribution in [0.5, 0.6) is 0 Å². The van der Waals surface area contributed by atoms with Gasteiger partial charge in [-0.15, -0.1) is 0 Å². The van der Waals surface area contributed by atoms with Gasteiger partial charge in [0.1, 0.15) is 0 Å². The van der Waals surface area contributed by atoms with Crippen molar-refractivity contribution in [1.29, 1.82) is 0 Å². The summed E-state index contributed by atoms with van der Waals surface area (Å²) in [7, 11) is 0. The number of anilines is 1. The molecule has 5 heteroatoms. The summed E-state index contributed by atoms with van der Waals surface area (Å²) < 4.78 is 0. The Morgan fingerprint density at radius 1 is 1.08 bits per heavy atom. The van der Waals surface area contributed by atoms with Gasteiger partial charge in [-0.25, -0.2) is 0 Å². The van der Waals surface area contributed by atoms with Gasteiger partial charge in [0.05, 0.1) is 0 Å². The maximum atomic E-state index is 12.1. The lowest BCUT2D eigenvalue weighted by atomic mass is 9.97. The molecular weight excluding hydrogens is 302 g/mol. The first-order valence-corrected chi connectivity index (χ1v) is 8.93. The number of nitrogens with one attached hydrogen (secondary N) is 2. The lowest BCUT2D eigenvalue weighted by Crippen LogP contribution is -2.37. The average Bonchev–Trinajstić information content (AvgIpc) is 2.61. The van der Waals surface area contributed by atoms with Crippen LogP contribution in [0.2, 0.25) is 0 Å². The van der Waals surface area contributed by atoms with E-state index in [9.17, 15) is 9.59 Å². The van der Waals surface area contributed by atoms with Gasteiger partial charge in [0.2, 0.25) is 0 Å². The average molecular weight is 333 g/mol. The molecule has 0 fully saturated rings. The SMILES string of the molecule is CCC(C)c1ccccc1NC(=O)C(=O)NCCCN(CC)CC. The molecule has 0 saturated heterocycles. The van der Waals surface area contributed by atoms with Crippen molar-refractivity contribution in [3.05, 3.63) is 29.8 Å². The number of carbonyl (C=O) groups excluding carboxylic acids is 2. The minimum absolute atomic E-state index is 0.332. The minimum atomic E-state index is -0.603. The summed E-state index contributed by atoms with van der Waals surface area (Å²) in [5.41, 5.74) is 1.78. The molecule has 0 aliphatic rings. The van der Waals surface area contributed by atoms with E-state index in [1.54, 1.807) is 0 Å². The van der Waals surface area contributed by atoms with E-state index in [1.165, 1.54) is 0 Å². The van der Waals surface area contributed by atoms with E-state index in [0.717, 1.165) is 43.7 Å². The molecule has 0 aromatic heterocycles. The van der Waals surface area contributed by atoms with Crippen LogP contribution in [0.15, 0.2) is 24.3 Å². The molecule has 1 aromatic rings. The highest BCUT2D eigenvalue weighted by Gasteiger charge is 2.16. The topological polar surface area (TPSA) is 61.4 Å². The summed E-state index contributed by atoms with van der Waals surface area (Å²) in [4.78, 5) is 26.3. The first-order valence-electron chi connectivity index (χ1n) is 8.93. The van der Waals surface area contributed by atoms with Gasteiger partial charge in [0.25, 0.3) is 0 Å². The van der Waals surface area contributed by atoms with Gasteiger partial charge in [0.15, 0.2) is 0 Å². The molecule has 1 unspecified atom stereocenters. The summed E-state index contributed by atoms with van der Waals surface area (Å²) >= 11 is 0. The summed E-state index contributed by atoms with van der Waals surface area (Å²) in [6, 6.07) is 7.65. The fourth-order valence-electron chi connectivity index (χ4n) is 2.56. The van der Waals surface area contributed by atoms with Crippen molar-refractivity contribution < 1.29 is 9.59 Å². The Labute approximate surface area is 145 Å². The quantitative estimate of drug-likeness (QED) is 0.539. The smallest absolute Gasteiger partial charge is 0.313 e. The van der Waals surface area contributed by atoms with Crippen molar-refractivity contribution in [3.63, 3.8) is 0 Å². The molecule has 0 aliphatic heterocycles. The molecular formula is C19H31N3O2. The van der Waals surface area contributed by atoms with Gasteiger partial charge in [0, 0.05) is 12.2 Å². The van der Waals surface area contributed by atoms with Crippen molar-refractivity contribution in [3.8, 4) is 0 Å². The number of rotatable bonds is 9. The molecule has 2 N–H and O–H groups in total. The molecule has 1 atom stereocenters. The number of nitrogens with zero attached hydrogens (tertiary/aromatic N) is 1. The summed E-state index contributed by atoms with van der Waals surface area (Å²) in [6.45, 7) is 11.9. The third-order valence-corrected chi connectivity index (χ3v) is 4.39. The summed E-state index contributed by atoms with van der Waals surface area (Å²) in [5, 5.41) is 5.43. The molecule has 0 heterocycles. The second kappa shape index (κ2) is 10.8. The van der Waals surface area contributed by atoms with Crippen molar-refractivity contribution in [2.24, 2.45) is 0 Å². The third-order valence-electron chi connectivity index (χ3n) is 4.39. The van der Waals surface area contributed by atoms with Crippen LogP contribution < -0.4 is 10.6 Å². The Kier molecular flexibility index (Phi) is 9.08. The number of benzene rings is 1. The van der Waals surface area contributed by atoms with E-state index in [-0.39, 0.29) is 0 Å². The highest BCUT2D eigenvalue weighted by Crippen LogP contribution is 2.26. The molecule has 5 nitrogen and oxygen atoms in total. The van der Waals surface area contributed by atoms with E-state index >= 15 is 0 Å². The zero-order valence-corrected chi connectivity index (χ0v) is 15.4. The lowest BCUT2D eigenvalue weighted by Gasteiger charge is -2.18. The Hall–Kier alpha value is -1.88. The van der Waals surface area contributed by atoms with Crippen LogP contribution in [0.3, 0.4) is 0 Å². The van der Waals surface area contributed by atoms with Crippen LogP contribution in [-0.4, -0.2) is 42.9 Å². The highest BCUT2D eigenvalue weighted by atomic mass is 16.2. The predicted molar refractivity (Wildman–Crippen MR) is 99.2 cm³/mol. The molecule has 0 bridgehead atoms. The second-order valence-electron chi connectivity index (χ2n) is 5.99. The van der Waals surface area contributed by atoms with Gasteiger partial charge in [-0.3, -0.25) is 9.59 Å². The number of para-hydroxylation sites is 1. The molecule has 1 aromatic carbocycles. The molecule has 1 rings (SSSR count). The molecule has 24 heavy (non-hydrogen) atoms. The van der Waals surface area contributed by atoms with Crippen LogP contribution in [0.25, 0.3) is 0 Å². The second-order valence-corrected chi connectivity index (χ2v) is 5.99. The monoisotopic (exact) mass is 333 g/mol. The van der Waals surface area contributed by atoms with Gasteiger partial charge >= 0.3 is 11.8 Å². The molecule has 2 amide bonds. The van der Waals surface area contributed by atoms with Gasteiger partial charge in [-0.2, -0.15) is 0 Å². The lowest BCUT2D eigenvalue weighted by molar-refractivity contribution is -0.136. The predicted octanol–water partition coefficient (Wildman–Crippen LogP) is 2.99. The number of carbonyl (C=O) groups is 2. The normalized spacial score (nSPS) is 12.0. The van der Waals surface area contributed by atoms with Crippen LogP contribution in [-0.2, 0) is 9.59 Å². The van der Waals surface area contributed by atoms with E-state index in [2.05, 4.69) is 43.2 Å². The third kappa shape index (κ3) is 6.32. The Balaban J connectivity index is 2.49. The Morgan fingerprint density at radius 3 is 2.38 bits per heavy atom. The largest absolute Gasteiger partial charge is 0.348 e. The zero-order chi connectivity index (χ0) is 17.9. The van der Waals surface area contributed by atoms with Crippen LogP contribution in [0.1, 0.15) is 52.0 Å². The zero-order valence-electron chi connectivity index (χ0n) is 15.4. The molecule has 0 aliphatic carbocycles. The number of hydrogen-bond donors (Lipinski definition) is 2. The fourth-order valence-corrected chi connectivity index (χ4v) is 2.56. The minimum Gasteiger partial charge on any atom is -0.348 e. The molecule has 0 saturated carbocycles. The van der Waals surface area contributed by atoms with E-state index in [4.69, 9.17) is 0 Å². The maximum Gasteiger partial charge on any atom is 0.313 e. The maximum absolute atomic E-state index is 12.1. The van der Waals surface area contributed by atoms with E-state index in [0.29, 0.717) is 12.5 Å². The van der Waals surface area contributed by atoms with Crippen molar-refractivity contribution in [1.82, 2.24) is 10.2 Å². The first-order chi connectivity index (χ1) is 11.5. The van der Waals surface area contributed by atoms with Crippen molar-refractivity contribution >= 4 is 17.5 Å². The Bertz CT molecular complexity index is 527. The highest BCUT2D eigenvalue weighted by molar-refractivity contribution is 6.39. The van der Waals surface area contributed by atoms with Crippen LogP contribution >= 0.6 is 0 Å².